The van der Waals surface area contributed by atoms with E-state index in [2.05, 4.69) is 132 Å². The average molecular weight is 526 g/mol. The number of benzene rings is 6. The van der Waals surface area contributed by atoms with Crippen LogP contribution >= 0.6 is 0 Å². The molecule has 0 N–H and O–H groups in total. The van der Waals surface area contributed by atoms with Gasteiger partial charge in [0.15, 0.2) is 5.58 Å². The summed E-state index contributed by atoms with van der Waals surface area (Å²) in [6.45, 7) is 0. The second-order valence-electron chi connectivity index (χ2n) is 10.5. The lowest BCUT2D eigenvalue weighted by atomic mass is 9.92. The molecule has 0 aliphatic carbocycles. The molecule has 192 valence electrons. The summed E-state index contributed by atoms with van der Waals surface area (Å²) >= 11 is 0. The van der Waals surface area contributed by atoms with Crippen molar-refractivity contribution in [1.82, 2.24) is 4.57 Å². The molecule has 3 nitrogen and oxygen atoms in total. The van der Waals surface area contributed by atoms with Crippen LogP contribution in [-0.2, 0) is 0 Å². The summed E-state index contributed by atoms with van der Waals surface area (Å²) in [6.07, 6.45) is 0. The molecule has 0 radical (unpaired) electrons. The van der Waals surface area contributed by atoms with E-state index in [0.717, 1.165) is 82.9 Å². The second-order valence-corrected chi connectivity index (χ2v) is 10.5. The third kappa shape index (κ3) is 3.20. The van der Waals surface area contributed by atoms with E-state index in [-0.39, 0.29) is 0 Å². The zero-order chi connectivity index (χ0) is 26.9. The average Bonchev–Trinajstić information content (AvgIpc) is 3.70. The van der Waals surface area contributed by atoms with E-state index >= 15 is 0 Å². The minimum absolute atomic E-state index is 0.880. The van der Waals surface area contributed by atoms with E-state index in [1.165, 1.54) is 0 Å². The van der Waals surface area contributed by atoms with Crippen molar-refractivity contribution >= 4 is 54.9 Å². The Morgan fingerprint density at radius 2 is 1.12 bits per heavy atom. The quantitative estimate of drug-likeness (QED) is 0.230. The molecule has 0 atom stereocenters. The third-order valence-corrected chi connectivity index (χ3v) is 8.22. The predicted molar refractivity (Wildman–Crippen MR) is 169 cm³/mol. The Balaban J connectivity index is 1.35. The fourth-order valence-electron chi connectivity index (χ4n) is 6.44. The Bertz CT molecular complexity index is 2420. The second kappa shape index (κ2) is 8.48. The summed E-state index contributed by atoms with van der Waals surface area (Å²) in [5.74, 6) is 0. The topological polar surface area (TPSA) is 31.2 Å². The normalized spacial score (nSPS) is 11.9. The Morgan fingerprint density at radius 1 is 0.439 bits per heavy atom. The van der Waals surface area contributed by atoms with Crippen LogP contribution in [0.5, 0.6) is 0 Å². The van der Waals surface area contributed by atoms with E-state index < -0.39 is 0 Å². The predicted octanol–water partition coefficient (Wildman–Crippen LogP) is 10.8. The van der Waals surface area contributed by atoms with Gasteiger partial charge in [-0.25, -0.2) is 0 Å². The van der Waals surface area contributed by atoms with Crippen LogP contribution in [-0.4, -0.2) is 4.57 Å². The van der Waals surface area contributed by atoms with Gasteiger partial charge in [-0.05, 0) is 70.8 Å². The molecule has 0 fully saturated rings. The van der Waals surface area contributed by atoms with Gasteiger partial charge in [0.05, 0.1) is 10.9 Å². The van der Waals surface area contributed by atoms with Crippen molar-refractivity contribution in [2.24, 2.45) is 0 Å². The van der Waals surface area contributed by atoms with E-state index in [9.17, 15) is 0 Å². The maximum Gasteiger partial charge on any atom is 0.161 e. The summed E-state index contributed by atoms with van der Waals surface area (Å²) < 4.78 is 15.2. The van der Waals surface area contributed by atoms with E-state index in [1.807, 2.05) is 12.1 Å². The maximum atomic E-state index is 6.63. The van der Waals surface area contributed by atoms with Crippen LogP contribution in [0, 0.1) is 0 Å². The van der Waals surface area contributed by atoms with E-state index in [0.29, 0.717) is 0 Å². The largest absolute Gasteiger partial charge is 0.456 e. The number of fused-ring (bicyclic) bond motifs is 8. The lowest BCUT2D eigenvalue weighted by Gasteiger charge is -2.13. The number of aromatic nitrogens is 1. The van der Waals surface area contributed by atoms with Gasteiger partial charge in [0, 0.05) is 21.8 Å². The molecule has 41 heavy (non-hydrogen) atoms. The van der Waals surface area contributed by atoms with Gasteiger partial charge in [0.1, 0.15) is 22.3 Å². The Labute approximate surface area is 235 Å². The highest BCUT2D eigenvalue weighted by Gasteiger charge is 2.22. The van der Waals surface area contributed by atoms with Crippen molar-refractivity contribution in [1.29, 1.82) is 0 Å². The standard InChI is InChI=1S/C38H23NO2/c1-2-11-25(12-3-1)39-32-18-8-6-16-31(32)38-37(39)36-30(17-10-20-34(36)41-38)27-14-5-4-13-26(27)24-21-22-29-28-15-7-9-19-33(28)40-35(29)23-24/h1-23H. The molecule has 3 heterocycles. The Morgan fingerprint density at radius 3 is 2.02 bits per heavy atom. The van der Waals surface area contributed by atoms with Gasteiger partial charge in [0.25, 0.3) is 0 Å². The zero-order valence-corrected chi connectivity index (χ0v) is 22.0. The smallest absolute Gasteiger partial charge is 0.161 e. The van der Waals surface area contributed by atoms with Gasteiger partial charge in [-0.15, -0.1) is 0 Å². The molecule has 3 aromatic heterocycles. The number of rotatable bonds is 3. The summed E-state index contributed by atoms with van der Waals surface area (Å²) in [4.78, 5) is 0. The van der Waals surface area contributed by atoms with Crippen LogP contribution in [0.1, 0.15) is 0 Å². The fraction of sp³-hybridized carbons (Fsp3) is 0. The zero-order valence-electron chi connectivity index (χ0n) is 22.0. The van der Waals surface area contributed by atoms with Crippen LogP contribution in [0.3, 0.4) is 0 Å². The van der Waals surface area contributed by atoms with Gasteiger partial charge in [-0.3, -0.25) is 0 Å². The summed E-state index contributed by atoms with van der Waals surface area (Å²) in [5.41, 5.74) is 11.5. The summed E-state index contributed by atoms with van der Waals surface area (Å²) in [5, 5.41) is 4.49. The minimum atomic E-state index is 0.880. The summed E-state index contributed by atoms with van der Waals surface area (Å²) in [7, 11) is 0. The first-order valence-corrected chi connectivity index (χ1v) is 13.9. The molecule has 9 rings (SSSR count). The molecule has 0 spiro atoms. The molecule has 0 aliphatic rings. The van der Waals surface area contributed by atoms with E-state index in [4.69, 9.17) is 8.83 Å². The van der Waals surface area contributed by atoms with Crippen LogP contribution in [0.25, 0.3) is 82.9 Å². The van der Waals surface area contributed by atoms with Gasteiger partial charge >= 0.3 is 0 Å². The highest BCUT2D eigenvalue weighted by molar-refractivity contribution is 6.20. The monoisotopic (exact) mass is 525 g/mol. The van der Waals surface area contributed by atoms with Gasteiger partial charge in [-0.1, -0.05) is 91.0 Å². The molecule has 0 amide bonds. The first-order chi connectivity index (χ1) is 20.3. The van der Waals surface area contributed by atoms with Gasteiger partial charge < -0.3 is 13.4 Å². The lowest BCUT2D eigenvalue weighted by Crippen LogP contribution is -1.94. The molecule has 0 unspecified atom stereocenters. The molecule has 0 saturated heterocycles. The Hall–Kier alpha value is -5.54. The van der Waals surface area contributed by atoms with Crippen LogP contribution < -0.4 is 0 Å². The molecule has 0 saturated carbocycles. The highest BCUT2D eigenvalue weighted by Crippen LogP contribution is 2.45. The van der Waals surface area contributed by atoms with Crippen molar-refractivity contribution in [2.75, 3.05) is 0 Å². The molecule has 3 heteroatoms. The van der Waals surface area contributed by atoms with Crippen molar-refractivity contribution in [2.45, 2.75) is 0 Å². The highest BCUT2D eigenvalue weighted by atomic mass is 16.3. The molecule has 9 aromatic rings. The lowest BCUT2D eigenvalue weighted by molar-refractivity contribution is 0.669. The first-order valence-electron chi connectivity index (χ1n) is 13.9. The third-order valence-electron chi connectivity index (χ3n) is 8.22. The molecular weight excluding hydrogens is 502 g/mol. The van der Waals surface area contributed by atoms with Crippen LogP contribution in [0.4, 0.5) is 0 Å². The number of hydrogen-bond acceptors (Lipinski definition) is 2. The number of para-hydroxylation sites is 3. The van der Waals surface area contributed by atoms with Crippen LogP contribution in [0.2, 0.25) is 0 Å². The SMILES string of the molecule is c1ccc(-n2c3ccccc3c3oc4cccc(-c5ccccc5-c5ccc6c(c5)oc5ccccc56)c4c32)cc1. The summed E-state index contributed by atoms with van der Waals surface area (Å²) in [6, 6.07) is 48.8. The number of nitrogens with zero attached hydrogens (tertiary/aromatic N) is 1. The Kier molecular flexibility index (Phi) is 4.61. The minimum Gasteiger partial charge on any atom is -0.456 e. The van der Waals surface area contributed by atoms with Crippen molar-refractivity contribution in [3.63, 3.8) is 0 Å². The van der Waals surface area contributed by atoms with Crippen molar-refractivity contribution < 1.29 is 8.83 Å². The molecule has 6 aromatic carbocycles. The number of hydrogen-bond donors (Lipinski definition) is 0. The first kappa shape index (κ1) is 22.3. The van der Waals surface area contributed by atoms with Crippen molar-refractivity contribution in [3.05, 3.63) is 140 Å². The van der Waals surface area contributed by atoms with Gasteiger partial charge in [0.2, 0.25) is 0 Å². The van der Waals surface area contributed by atoms with Crippen LogP contribution in [0.15, 0.2) is 148 Å². The van der Waals surface area contributed by atoms with E-state index in [1.54, 1.807) is 0 Å². The number of furan rings is 2. The maximum absolute atomic E-state index is 6.63. The fourth-order valence-corrected chi connectivity index (χ4v) is 6.44. The van der Waals surface area contributed by atoms with Gasteiger partial charge in [-0.2, -0.15) is 0 Å². The molecule has 0 bridgehead atoms. The van der Waals surface area contributed by atoms with Crippen molar-refractivity contribution in [3.8, 4) is 27.9 Å². The molecule has 0 aliphatic heterocycles. The molecular formula is C38H23NO2.